The van der Waals surface area contributed by atoms with Crippen molar-refractivity contribution in [2.24, 2.45) is 0 Å². The predicted octanol–water partition coefficient (Wildman–Crippen LogP) is 2.71. The number of carboxylic acid groups (broad SMARTS) is 1. The number of methoxy groups -OCH3 is 1. The Hall–Kier alpha value is -1.95. The third kappa shape index (κ3) is 5.81. The van der Waals surface area contributed by atoms with E-state index in [4.69, 9.17) is 9.84 Å². The van der Waals surface area contributed by atoms with Gasteiger partial charge in [0.15, 0.2) is 0 Å². The Morgan fingerprint density at radius 1 is 1.36 bits per heavy atom. The number of carbonyl (C=O) groups is 2. The zero-order valence-corrected chi connectivity index (χ0v) is 13.7. The Morgan fingerprint density at radius 2 is 2.00 bits per heavy atom. The van der Waals surface area contributed by atoms with Crippen LogP contribution >= 0.6 is 11.8 Å². The van der Waals surface area contributed by atoms with Crippen LogP contribution in [0.2, 0.25) is 0 Å². The van der Waals surface area contributed by atoms with Crippen LogP contribution in [0, 0.1) is 0 Å². The molecule has 0 saturated heterocycles. The maximum absolute atomic E-state index is 12.1. The van der Waals surface area contributed by atoms with Gasteiger partial charge in [0.25, 0.3) is 0 Å². The Labute approximate surface area is 134 Å². The van der Waals surface area contributed by atoms with Gasteiger partial charge in [0, 0.05) is 4.90 Å². The second-order valence-corrected chi connectivity index (χ2v) is 6.05. The van der Waals surface area contributed by atoms with Gasteiger partial charge in [0.1, 0.15) is 11.8 Å². The van der Waals surface area contributed by atoms with E-state index in [2.05, 4.69) is 5.32 Å². The number of benzene rings is 1. The summed E-state index contributed by atoms with van der Waals surface area (Å²) in [6.45, 7) is 3.56. The maximum atomic E-state index is 12.1. The van der Waals surface area contributed by atoms with Gasteiger partial charge in [-0.05, 0) is 44.5 Å². The van der Waals surface area contributed by atoms with Crippen LogP contribution in [-0.2, 0) is 9.59 Å². The van der Waals surface area contributed by atoms with Gasteiger partial charge in [-0.2, -0.15) is 0 Å². The molecule has 0 fully saturated rings. The molecule has 5 nitrogen and oxygen atoms in total. The lowest BCUT2D eigenvalue weighted by molar-refractivity contribution is -0.141. The molecule has 0 spiro atoms. The number of amides is 1. The highest BCUT2D eigenvalue weighted by Gasteiger charge is 2.22. The van der Waals surface area contributed by atoms with Crippen molar-refractivity contribution >= 4 is 23.6 Å². The number of nitrogens with one attached hydrogen (secondary N) is 1. The molecular formula is C16H21NO4S. The molecule has 0 heterocycles. The summed E-state index contributed by atoms with van der Waals surface area (Å²) in [6, 6.07) is 6.46. The highest BCUT2D eigenvalue weighted by Crippen LogP contribution is 2.25. The van der Waals surface area contributed by atoms with E-state index in [1.165, 1.54) is 11.8 Å². The van der Waals surface area contributed by atoms with Crippen LogP contribution in [0.5, 0.6) is 5.75 Å². The number of hydrogen-bond donors (Lipinski definition) is 2. The second kappa shape index (κ2) is 9.15. The number of thioether (sulfide) groups is 1. The molecule has 1 aromatic carbocycles. The molecule has 0 aliphatic heterocycles. The lowest BCUT2D eigenvalue weighted by Crippen LogP contribution is -2.43. The first-order valence-corrected chi connectivity index (χ1v) is 7.81. The van der Waals surface area contributed by atoms with Gasteiger partial charge in [0.2, 0.25) is 5.91 Å². The van der Waals surface area contributed by atoms with Gasteiger partial charge in [-0.1, -0.05) is 12.2 Å². The fourth-order valence-electron chi connectivity index (χ4n) is 1.69. The van der Waals surface area contributed by atoms with Gasteiger partial charge in [-0.15, -0.1) is 11.8 Å². The number of allylic oxidation sites excluding steroid dienone is 1. The molecule has 0 saturated carbocycles. The smallest absolute Gasteiger partial charge is 0.326 e. The Morgan fingerprint density at radius 3 is 2.50 bits per heavy atom. The Balaban J connectivity index is 2.60. The van der Waals surface area contributed by atoms with Crippen LogP contribution in [0.4, 0.5) is 0 Å². The van der Waals surface area contributed by atoms with E-state index in [9.17, 15) is 9.59 Å². The summed E-state index contributed by atoms with van der Waals surface area (Å²) >= 11 is 1.37. The minimum absolute atomic E-state index is 0.275. The highest BCUT2D eigenvalue weighted by atomic mass is 32.2. The first-order chi connectivity index (χ1) is 10.5. The quantitative estimate of drug-likeness (QED) is 0.568. The molecule has 2 atom stereocenters. The summed E-state index contributed by atoms with van der Waals surface area (Å²) in [5, 5.41) is 11.3. The lowest BCUT2D eigenvalue weighted by atomic mass is 10.2. The second-order valence-electron chi connectivity index (χ2n) is 4.64. The molecule has 22 heavy (non-hydrogen) atoms. The average Bonchev–Trinajstić information content (AvgIpc) is 2.51. The van der Waals surface area contributed by atoms with Gasteiger partial charge in [-0.3, -0.25) is 4.79 Å². The van der Waals surface area contributed by atoms with Crippen molar-refractivity contribution in [1.29, 1.82) is 0 Å². The van der Waals surface area contributed by atoms with Crippen LogP contribution in [-0.4, -0.2) is 35.4 Å². The van der Waals surface area contributed by atoms with Crippen molar-refractivity contribution in [2.45, 2.75) is 36.5 Å². The summed E-state index contributed by atoms with van der Waals surface area (Å²) in [5.74, 6) is -0.579. The Bertz CT molecular complexity index is 527. The molecular weight excluding hydrogens is 302 g/mol. The number of ether oxygens (including phenoxy) is 1. The minimum atomic E-state index is -1.03. The van der Waals surface area contributed by atoms with Crippen LogP contribution in [0.1, 0.15) is 20.3 Å². The van der Waals surface area contributed by atoms with Crippen LogP contribution in [0.15, 0.2) is 41.3 Å². The summed E-state index contributed by atoms with van der Waals surface area (Å²) in [7, 11) is 1.59. The summed E-state index contributed by atoms with van der Waals surface area (Å²) in [6.07, 6.45) is 3.76. The van der Waals surface area contributed by atoms with Gasteiger partial charge in [0.05, 0.1) is 12.4 Å². The molecule has 1 rings (SSSR count). The molecule has 0 bridgehead atoms. The van der Waals surface area contributed by atoms with E-state index in [1.807, 2.05) is 31.2 Å². The first kappa shape index (κ1) is 18.1. The van der Waals surface area contributed by atoms with Crippen molar-refractivity contribution in [2.75, 3.05) is 7.11 Å². The molecule has 1 amide bonds. The summed E-state index contributed by atoms with van der Waals surface area (Å²) in [4.78, 5) is 24.1. The molecule has 6 heteroatoms. The van der Waals surface area contributed by atoms with Crippen LogP contribution in [0.3, 0.4) is 0 Å². The topological polar surface area (TPSA) is 75.6 Å². The molecule has 2 unspecified atom stereocenters. The van der Waals surface area contributed by atoms with Gasteiger partial charge in [-0.25, -0.2) is 4.79 Å². The van der Waals surface area contributed by atoms with Crippen molar-refractivity contribution in [3.63, 3.8) is 0 Å². The number of aliphatic carboxylic acids is 1. The number of carbonyl (C=O) groups excluding carboxylic acids is 1. The zero-order chi connectivity index (χ0) is 16.5. The third-order valence-corrected chi connectivity index (χ3v) is 4.08. The van der Waals surface area contributed by atoms with E-state index in [0.717, 1.165) is 10.6 Å². The predicted molar refractivity (Wildman–Crippen MR) is 87.3 cm³/mol. The van der Waals surface area contributed by atoms with Crippen LogP contribution < -0.4 is 10.1 Å². The standard InChI is InChI=1S/C16H21NO4S/c1-4-5-6-14(16(19)20)17-15(18)11(2)22-13-9-7-12(21-3)8-10-13/h4-5,7-11,14H,6H2,1-3H3,(H,17,18)(H,19,20)/b5-4+. The lowest BCUT2D eigenvalue weighted by Gasteiger charge is -2.16. The zero-order valence-electron chi connectivity index (χ0n) is 12.9. The van der Waals surface area contributed by atoms with Crippen molar-refractivity contribution in [3.8, 4) is 5.75 Å². The average molecular weight is 323 g/mol. The summed E-state index contributed by atoms with van der Waals surface area (Å²) < 4.78 is 5.08. The third-order valence-electron chi connectivity index (χ3n) is 2.96. The molecule has 0 radical (unpaired) electrons. The van der Waals surface area contributed by atoms with Gasteiger partial charge >= 0.3 is 5.97 Å². The maximum Gasteiger partial charge on any atom is 0.326 e. The molecule has 120 valence electrons. The summed E-state index contributed by atoms with van der Waals surface area (Å²) in [5.41, 5.74) is 0. The van der Waals surface area contributed by atoms with E-state index in [-0.39, 0.29) is 17.6 Å². The molecule has 0 aromatic heterocycles. The van der Waals surface area contributed by atoms with E-state index in [0.29, 0.717) is 0 Å². The molecule has 0 aliphatic carbocycles. The van der Waals surface area contributed by atoms with E-state index in [1.54, 1.807) is 26.2 Å². The van der Waals surface area contributed by atoms with Crippen molar-refractivity contribution in [3.05, 3.63) is 36.4 Å². The molecule has 2 N–H and O–H groups in total. The van der Waals surface area contributed by atoms with E-state index < -0.39 is 12.0 Å². The fourth-order valence-corrected chi connectivity index (χ4v) is 2.57. The normalized spacial score (nSPS) is 13.6. The van der Waals surface area contributed by atoms with Gasteiger partial charge < -0.3 is 15.2 Å². The highest BCUT2D eigenvalue weighted by molar-refractivity contribution is 8.00. The number of carboxylic acids is 1. The number of rotatable bonds is 8. The van der Waals surface area contributed by atoms with Crippen molar-refractivity contribution < 1.29 is 19.4 Å². The van der Waals surface area contributed by atoms with Crippen molar-refractivity contribution in [1.82, 2.24) is 5.32 Å². The van der Waals surface area contributed by atoms with E-state index >= 15 is 0 Å². The molecule has 1 aromatic rings. The minimum Gasteiger partial charge on any atom is -0.497 e. The SMILES string of the molecule is C/C=C/CC(NC(=O)C(C)Sc1ccc(OC)cc1)C(=O)O. The monoisotopic (exact) mass is 323 g/mol. The fraction of sp³-hybridized carbons (Fsp3) is 0.375. The van der Waals surface area contributed by atoms with Crippen LogP contribution in [0.25, 0.3) is 0 Å². The number of hydrogen-bond acceptors (Lipinski definition) is 4. The first-order valence-electron chi connectivity index (χ1n) is 6.93. The Kier molecular flexibility index (Phi) is 7.52. The molecule has 0 aliphatic rings. The largest absolute Gasteiger partial charge is 0.497 e.